The Morgan fingerprint density at radius 2 is 1.80 bits per heavy atom. The minimum Gasteiger partial charge on any atom is -0.493 e. The monoisotopic (exact) mass is 585 g/mol. The fraction of sp³-hybridized carbons (Fsp3) is 0.387. The summed E-state index contributed by atoms with van der Waals surface area (Å²) in [6.07, 6.45) is 0. The van der Waals surface area contributed by atoms with Gasteiger partial charge in [-0.15, -0.1) is 0 Å². The Balaban J connectivity index is 1.56. The predicted molar refractivity (Wildman–Crippen MR) is 155 cm³/mol. The highest BCUT2D eigenvalue weighted by Gasteiger charge is 2.32. The average molecular weight is 586 g/mol. The van der Waals surface area contributed by atoms with E-state index in [-0.39, 0.29) is 32.3 Å². The van der Waals surface area contributed by atoms with Crippen LogP contribution in [-0.4, -0.2) is 59.9 Å². The number of fused-ring (bicyclic) bond motifs is 1. The number of aliphatic carboxylic acids is 1. The largest absolute Gasteiger partial charge is 0.493 e. The molecule has 0 aromatic heterocycles. The van der Waals surface area contributed by atoms with Gasteiger partial charge in [0.15, 0.2) is 11.5 Å². The lowest BCUT2D eigenvalue weighted by Gasteiger charge is -2.25. The van der Waals surface area contributed by atoms with Crippen LogP contribution in [0.4, 0.5) is 0 Å². The van der Waals surface area contributed by atoms with Gasteiger partial charge >= 0.3 is 5.97 Å². The summed E-state index contributed by atoms with van der Waals surface area (Å²) >= 11 is 6.60. The molecule has 0 spiro atoms. The van der Waals surface area contributed by atoms with E-state index in [1.165, 1.54) is 6.92 Å². The van der Waals surface area contributed by atoms with E-state index in [1.54, 1.807) is 12.1 Å². The molecule has 9 nitrogen and oxygen atoms in total. The van der Waals surface area contributed by atoms with Gasteiger partial charge in [0.05, 0.1) is 18.2 Å². The van der Waals surface area contributed by atoms with Gasteiger partial charge < -0.3 is 34.3 Å². The molecule has 10 heteroatoms. The van der Waals surface area contributed by atoms with Crippen LogP contribution in [0.2, 0.25) is 5.02 Å². The second-order valence-electron chi connectivity index (χ2n) is 10.4. The second kappa shape index (κ2) is 13.4. The summed E-state index contributed by atoms with van der Waals surface area (Å²) in [5, 5.41) is 31.7. The van der Waals surface area contributed by atoms with Gasteiger partial charge in [0, 0.05) is 30.7 Å². The molecule has 0 bridgehead atoms. The van der Waals surface area contributed by atoms with Gasteiger partial charge in [0.2, 0.25) is 0 Å². The van der Waals surface area contributed by atoms with Gasteiger partial charge in [-0.05, 0) is 54.3 Å². The van der Waals surface area contributed by atoms with Crippen molar-refractivity contribution in [1.29, 1.82) is 0 Å². The van der Waals surface area contributed by atoms with Crippen molar-refractivity contribution in [2.24, 2.45) is 5.92 Å². The number of aliphatic hydroxyl groups is 2. The van der Waals surface area contributed by atoms with Crippen molar-refractivity contribution in [1.82, 2.24) is 5.32 Å². The van der Waals surface area contributed by atoms with Crippen molar-refractivity contribution in [3.05, 3.63) is 70.2 Å². The number of carboxylic acid groups (broad SMARTS) is 1. The van der Waals surface area contributed by atoms with Crippen molar-refractivity contribution < 1.29 is 39.1 Å². The number of nitrogens with one attached hydrogen (secondary N) is 1. The summed E-state index contributed by atoms with van der Waals surface area (Å²) in [6, 6.07) is 15.2. The van der Waals surface area contributed by atoms with Gasteiger partial charge in [-0.1, -0.05) is 42.8 Å². The molecule has 0 amide bonds. The van der Waals surface area contributed by atoms with Crippen LogP contribution in [0, 0.1) is 12.8 Å². The number of hydrogen-bond donors (Lipinski definition) is 4. The number of rotatable bonds is 13. The zero-order chi connectivity index (χ0) is 29.6. The molecule has 41 heavy (non-hydrogen) atoms. The number of benzene rings is 3. The minimum absolute atomic E-state index is 0.0505. The summed E-state index contributed by atoms with van der Waals surface area (Å²) in [4.78, 5) is 11.6. The Morgan fingerprint density at radius 3 is 2.51 bits per heavy atom. The van der Waals surface area contributed by atoms with Crippen LogP contribution in [-0.2, 0) is 17.9 Å². The van der Waals surface area contributed by atoms with E-state index in [4.69, 9.17) is 30.5 Å². The normalized spacial score (nSPS) is 14.7. The zero-order valence-electron chi connectivity index (χ0n) is 23.4. The maximum absolute atomic E-state index is 11.6. The molecular formula is C31H36ClNO8. The van der Waals surface area contributed by atoms with Crippen LogP contribution in [0.3, 0.4) is 0 Å². The number of carboxylic acids is 1. The molecule has 3 aromatic carbocycles. The molecular weight excluding hydrogens is 550 g/mol. The van der Waals surface area contributed by atoms with Crippen LogP contribution in [0.5, 0.6) is 23.0 Å². The first-order chi connectivity index (χ1) is 19.6. The summed E-state index contributed by atoms with van der Waals surface area (Å²) < 4.78 is 23.5. The lowest BCUT2D eigenvalue weighted by Crippen LogP contribution is -2.52. The van der Waals surface area contributed by atoms with Gasteiger partial charge in [0.25, 0.3) is 0 Å². The molecule has 0 unspecified atom stereocenters. The lowest BCUT2D eigenvalue weighted by molar-refractivity contribution is -0.145. The molecule has 0 fully saturated rings. The summed E-state index contributed by atoms with van der Waals surface area (Å²) in [5.41, 5.74) is 3.11. The number of aliphatic hydroxyl groups excluding tert-OH is 2. The summed E-state index contributed by atoms with van der Waals surface area (Å²) in [7, 11) is 0. The van der Waals surface area contributed by atoms with Gasteiger partial charge in [-0.2, -0.15) is 0 Å². The minimum atomic E-state index is -1.54. The fourth-order valence-electron chi connectivity index (χ4n) is 4.25. The molecule has 0 saturated carbocycles. The maximum atomic E-state index is 11.6. The van der Waals surface area contributed by atoms with Crippen LogP contribution < -0.4 is 24.3 Å². The smallest absolute Gasteiger partial charge is 0.326 e. The number of ether oxygens (including phenoxy) is 4. The Bertz CT molecular complexity index is 1380. The third kappa shape index (κ3) is 7.23. The lowest BCUT2D eigenvalue weighted by atomic mass is 9.96. The third-order valence-electron chi connectivity index (χ3n) is 7.09. The van der Waals surface area contributed by atoms with Crippen molar-refractivity contribution >= 4 is 17.6 Å². The maximum Gasteiger partial charge on any atom is 0.326 e. The quantitative estimate of drug-likeness (QED) is 0.228. The highest BCUT2D eigenvalue weighted by atomic mass is 35.5. The first-order valence-corrected chi connectivity index (χ1v) is 13.8. The molecule has 0 saturated heterocycles. The first-order valence-electron chi connectivity index (χ1n) is 13.4. The Hall–Kier alpha value is -3.50. The van der Waals surface area contributed by atoms with Crippen molar-refractivity contribution in [3.8, 4) is 34.1 Å². The molecule has 2 atom stereocenters. The summed E-state index contributed by atoms with van der Waals surface area (Å²) in [6.45, 7) is 6.23. The van der Waals surface area contributed by atoms with Crippen LogP contribution in [0.15, 0.2) is 48.5 Å². The van der Waals surface area contributed by atoms with Crippen LogP contribution in [0.25, 0.3) is 11.1 Å². The van der Waals surface area contributed by atoms with E-state index < -0.39 is 18.1 Å². The van der Waals surface area contributed by atoms with Gasteiger partial charge in [-0.25, -0.2) is 0 Å². The van der Waals surface area contributed by atoms with Crippen molar-refractivity contribution in [3.63, 3.8) is 0 Å². The standard InChI is InChI=1S/C31H36ClNO8/c1-19(15-34)16-40-27-13-28(25(32)11-23(27)14-33-31(3,18-35)30(36)37)41-17-22-5-4-6-24(20(22)2)21-7-8-26-29(12-21)39-10-9-38-26/h4-8,11-13,19,33-35H,9-10,14-18H2,1-3H3,(H,36,37)/t19-,31-/m1/s1. The molecule has 1 aliphatic rings. The van der Waals surface area contributed by atoms with E-state index >= 15 is 0 Å². The molecule has 4 N–H and O–H groups in total. The predicted octanol–water partition coefficient (Wildman–Crippen LogP) is 4.60. The average Bonchev–Trinajstić information content (AvgIpc) is 2.98. The molecule has 4 rings (SSSR count). The van der Waals surface area contributed by atoms with Crippen molar-refractivity contribution in [2.45, 2.75) is 39.5 Å². The third-order valence-corrected chi connectivity index (χ3v) is 7.39. The van der Waals surface area contributed by atoms with Gasteiger partial charge in [0.1, 0.15) is 36.9 Å². The van der Waals surface area contributed by atoms with E-state index in [1.807, 2.05) is 50.2 Å². The van der Waals surface area contributed by atoms with E-state index in [0.29, 0.717) is 35.3 Å². The van der Waals surface area contributed by atoms with Crippen LogP contribution >= 0.6 is 11.6 Å². The SMILES string of the molecule is Cc1c(COc2cc(OC[C@H](C)CO)c(CN[C@](C)(CO)C(=O)O)cc2Cl)cccc1-c1ccc2c(c1)OCCO2. The molecule has 3 aromatic rings. The molecule has 1 heterocycles. The van der Waals surface area contributed by atoms with E-state index in [2.05, 4.69) is 5.32 Å². The molecule has 220 valence electrons. The highest BCUT2D eigenvalue weighted by Crippen LogP contribution is 2.37. The van der Waals surface area contributed by atoms with Crippen LogP contribution in [0.1, 0.15) is 30.5 Å². The highest BCUT2D eigenvalue weighted by molar-refractivity contribution is 6.32. The number of hydrogen-bond acceptors (Lipinski definition) is 8. The molecule has 1 aliphatic heterocycles. The first kappa shape index (κ1) is 30.5. The topological polar surface area (TPSA) is 127 Å². The zero-order valence-corrected chi connectivity index (χ0v) is 24.2. The molecule has 0 radical (unpaired) electrons. The van der Waals surface area contributed by atoms with Crippen molar-refractivity contribution in [2.75, 3.05) is 33.0 Å². The van der Waals surface area contributed by atoms with E-state index in [9.17, 15) is 20.1 Å². The second-order valence-corrected chi connectivity index (χ2v) is 10.8. The Kier molecular flexibility index (Phi) is 9.99. The Labute approximate surface area is 244 Å². The summed E-state index contributed by atoms with van der Waals surface area (Å²) in [5.74, 6) is 0.987. The number of carbonyl (C=O) groups is 1. The Morgan fingerprint density at radius 1 is 1.05 bits per heavy atom. The number of halogens is 1. The van der Waals surface area contributed by atoms with Gasteiger partial charge in [-0.3, -0.25) is 10.1 Å². The fourth-order valence-corrected chi connectivity index (χ4v) is 4.49. The van der Waals surface area contributed by atoms with E-state index in [0.717, 1.165) is 33.8 Å². The molecule has 0 aliphatic carbocycles.